The molecule has 16 heteroatoms. The zero-order valence-corrected chi connectivity index (χ0v) is 36.2. The van der Waals surface area contributed by atoms with Gasteiger partial charge in [-0.05, 0) is 0 Å². The van der Waals surface area contributed by atoms with Gasteiger partial charge < -0.3 is 0 Å². The maximum atomic E-state index is 16.0. The minimum absolute atomic E-state index is 0.124. The number of β-lactam (4-membered cyclic amide) rings is 1. The summed E-state index contributed by atoms with van der Waals surface area (Å²) in [6, 6.07) is 43.9. The molecule has 6 aromatic carbocycles. The Morgan fingerprint density at radius 3 is 1.55 bits per heavy atom. The van der Waals surface area contributed by atoms with Gasteiger partial charge in [0.15, 0.2) is 0 Å². The Morgan fingerprint density at radius 2 is 1.09 bits per heavy atom. The summed E-state index contributed by atoms with van der Waals surface area (Å²) in [7, 11) is 1.50. The molecule has 0 saturated carbocycles. The molecule has 0 radical (unpaired) electrons. The van der Waals surface area contributed by atoms with E-state index in [-0.39, 0.29) is 41.0 Å². The summed E-state index contributed by atoms with van der Waals surface area (Å²) in [6.45, 7) is -4.36. The van der Waals surface area contributed by atoms with Crippen molar-refractivity contribution in [1.29, 1.82) is 0 Å². The van der Waals surface area contributed by atoms with Gasteiger partial charge in [0.25, 0.3) is 0 Å². The van der Waals surface area contributed by atoms with Crippen molar-refractivity contribution in [3.05, 3.63) is 201 Å². The van der Waals surface area contributed by atoms with Crippen molar-refractivity contribution >= 4 is 57.4 Å². The van der Waals surface area contributed by atoms with E-state index in [2.05, 4.69) is 0 Å². The Hall–Kier alpha value is -7.77. The average molecular weight is 898 g/mol. The summed E-state index contributed by atoms with van der Waals surface area (Å²) in [5.74, 6) is -1.50. The summed E-state index contributed by atoms with van der Waals surface area (Å²) in [5.41, 5.74) is -0.647. The van der Waals surface area contributed by atoms with Gasteiger partial charge >= 0.3 is 359 Å². The zero-order chi connectivity index (χ0) is 46.2. The molecule has 0 bridgehead atoms. The van der Waals surface area contributed by atoms with Crippen LogP contribution in [-0.2, 0) is 32.2 Å². The Labute approximate surface area is 373 Å². The fourth-order valence-electron chi connectivity index (χ4n) is 8.58. The standard InChI is InChI=1S/C49H44N3O12P/c1-34(64-48(55)62-31-36-16-12-14-24-42(36)51(57)58)46-44(30-45(53)35-26-28-38(61-2)29-27-35)50(47(46)54)33-65(39-18-6-3-7-19-39,40-20-8-4-9-21-40,41-22-10-5-11-23-41)49(56)63-32-37-17-13-15-25-43(37)52(59)60/h3-29,34,44,46H,30-33H2,1-2H3/t34-,44+,46+/m0/s1. The maximum absolute atomic E-state index is 16.0. The average Bonchev–Trinajstić information content (AvgIpc) is 3.34. The molecular weight excluding hydrogens is 854 g/mol. The molecule has 1 aliphatic heterocycles. The number of carbonyl (C=O) groups is 4. The van der Waals surface area contributed by atoms with Gasteiger partial charge in [0.1, 0.15) is 0 Å². The second kappa shape index (κ2) is 19.3. The number of para-hydroxylation sites is 2. The third-order valence-electron chi connectivity index (χ3n) is 11.9. The molecule has 0 unspecified atom stereocenters. The number of methoxy groups -OCH3 is 1. The van der Waals surface area contributed by atoms with Crippen molar-refractivity contribution in [3.8, 4) is 5.75 Å². The van der Waals surface area contributed by atoms with Crippen molar-refractivity contribution in [2.24, 2.45) is 5.92 Å². The number of hydrogen-bond donors (Lipinski definition) is 0. The molecule has 1 amide bonds. The van der Waals surface area contributed by atoms with Crippen molar-refractivity contribution in [2.75, 3.05) is 13.4 Å². The molecule has 0 aromatic heterocycles. The number of Topliss-reactive ketones (excluding diaryl/α,β-unsaturated/α-hetero) is 1. The molecule has 7 rings (SSSR count). The predicted octanol–water partition coefficient (Wildman–Crippen LogP) is 8.48. The van der Waals surface area contributed by atoms with E-state index in [0.29, 0.717) is 27.2 Å². The van der Waals surface area contributed by atoms with E-state index in [1.807, 2.05) is 0 Å². The summed E-state index contributed by atoms with van der Waals surface area (Å²) in [5, 5.41) is 25.2. The third-order valence-corrected chi connectivity index (χ3v) is 18.0. The Bertz CT molecular complexity index is 2620. The first-order valence-electron chi connectivity index (χ1n) is 20.5. The number of nitro groups is 2. The number of nitro benzene ring substituents is 2. The van der Waals surface area contributed by atoms with Crippen LogP contribution < -0.4 is 20.7 Å². The molecule has 0 spiro atoms. The molecular formula is C49H44N3O12P. The molecule has 1 heterocycles. The quantitative estimate of drug-likeness (QED) is 0.0200. The van der Waals surface area contributed by atoms with Gasteiger partial charge in [-0.1, -0.05) is 6.07 Å². The molecule has 1 fully saturated rings. The summed E-state index contributed by atoms with van der Waals surface area (Å²) in [4.78, 5) is 82.5. The number of carbonyl (C=O) groups excluding carboxylic acids is 4. The monoisotopic (exact) mass is 897 g/mol. The molecule has 1 saturated heterocycles. The van der Waals surface area contributed by atoms with Gasteiger partial charge in [-0.25, -0.2) is 0 Å². The fraction of sp³-hybridized carbons (Fsp3) is 0.184. The number of likely N-dealkylation sites (tertiary alicyclic amines) is 1. The first-order valence-corrected chi connectivity index (χ1v) is 22.9. The van der Waals surface area contributed by atoms with Crippen LogP contribution in [0.1, 0.15) is 34.8 Å². The number of nitrogens with zero attached hydrogens (tertiary/aromatic N) is 3. The van der Waals surface area contributed by atoms with Crippen LogP contribution in [0.4, 0.5) is 21.0 Å². The van der Waals surface area contributed by atoms with Crippen LogP contribution in [0.2, 0.25) is 0 Å². The number of benzene rings is 6. The second-order valence-corrected chi connectivity index (χ2v) is 20.2. The summed E-state index contributed by atoms with van der Waals surface area (Å²) in [6.07, 6.45) is -2.97. The van der Waals surface area contributed by atoms with Crippen molar-refractivity contribution in [1.82, 2.24) is 4.90 Å². The van der Waals surface area contributed by atoms with E-state index in [4.69, 9.17) is 18.9 Å². The van der Waals surface area contributed by atoms with Crippen molar-refractivity contribution in [3.63, 3.8) is 0 Å². The first-order chi connectivity index (χ1) is 31.4. The van der Waals surface area contributed by atoms with Crippen molar-refractivity contribution in [2.45, 2.75) is 38.7 Å². The fourth-order valence-corrected chi connectivity index (χ4v) is 14.5. The van der Waals surface area contributed by atoms with Gasteiger partial charge in [-0.2, -0.15) is 0 Å². The minimum atomic E-state index is -4.89. The normalized spacial score (nSPS) is 15.6. The van der Waals surface area contributed by atoms with Crippen LogP contribution in [0.25, 0.3) is 0 Å². The van der Waals surface area contributed by atoms with E-state index < -0.39 is 65.5 Å². The van der Waals surface area contributed by atoms with Gasteiger partial charge in [0, 0.05) is 0 Å². The van der Waals surface area contributed by atoms with Crippen LogP contribution in [0, 0.1) is 26.1 Å². The van der Waals surface area contributed by atoms with E-state index in [0.717, 1.165) is 0 Å². The Balaban J connectivity index is 1.34. The van der Waals surface area contributed by atoms with Crippen LogP contribution in [0.3, 0.4) is 0 Å². The molecule has 3 atom stereocenters. The molecule has 332 valence electrons. The zero-order valence-electron chi connectivity index (χ0n) is 35.3. The van der Waals surface area contributed by atoms with Crippen LogP contribution in [0.15, 0.2) is 164 Å². The van der Waals surface area contributed by atoms with Gasteiger partial charge in [-0.3, -0.25) is 10.1 Å². The number of ether oxygens (including phenoxy) is 4. The second-order valence-electron chi connectivity index (χ2n) is 15.4. The van der Waals surface area contributed by atoms with Gasteiger partial charge in [0.2, 0.25) is 0 Å². The topological polar surface area (TPSA) is 195 Å². The van der Waals surface area contributed by atoms with Crippen LogP contribution >= 0.6 is 6.60 Å². The number of hydrogen-bond acceptors (Lipinski definition) is 12. The molecule has 1 aliphatic rings. The van der Waals surface area contributed by atoms with Gasteiger partial charge in [0.05, 0.1) is 0 Å². The van der Waals surface area contributed by atoms with Crippen LogP contribution in [0.5, 0.6) is 5.75 Å². The van der Waals surface area contributed by atoms with E-state index in [1.165, 1.54) is 55.3 Å². The van der Waals surface area contributed by atoms with Crippen molar-refractivity contribution < 1.29 is 48.0 Å². The number of amides is 1. The molecule has 6 aromatic rings. The number of ketones is 1. The third kappa shape index (κ3) is 8.65. The molecule has 15 nitrogen and oxygen atoms in total. The van der Waals surface area contributed by atoms with E-state index >= 15 is 9.59 Å². The SMILES string of the molecule is COc1ccc(C(=O)C[C@@H]2[C@@H]([C@H](C)OC(=O)OCc3ccccc3[N+](=O)[O-])C(=O)N2CP(C(=O)OCc2ccccc2[N+](=O)[O-])(c2ccccc2)(c2ccccc2)c2ccccc2)cc1. The van der Waals surface area contributed by atoms with Crippen LogP contribution in [-0.4, -0.2) is 63.8 Å². The molecule has 65 heavy (non-hydrogen) atoms. The van der Waals surface area contributed by atoms with Gasteiger partial charge in [-0.15, -0.1) is 0 Å². The van der Waals surface area contributed by atoms with E-state index in [1.54, 1.807) is 127 Å². The summed E-state index contributed by atoms with van der Waals surface area (Å²) < 4.78 is 22.6. The Kier molecular flexibility index (Phi) is 13.5. The number of rotatable bonds is 18. The predicted molar refractivity (Wildman–Crippen MR) is 243 cm³/mol. The molecule has 0 aliphatic carbocycles. The van der Waals surface area contributed by atoms with E-state index in [9.17, 15) is 29.8 Å². The Morgan fingerprint density at radius 1 is 0.646 bits per heavy atom. The summed E-state index contributed by atoms with van der Waals surface area (Å²) >= 11 is 0. The molecule has 0 N–H and O–H groups in total. The first kappa shape index (κ1) is 45.3.